The first-order chi connectivity index (χ1) is 9.58. The Morgan fingerprint density at radius 3 is 3.05 bits per heavy atom. The van der Waals surface area contributed by atoms with Crippen LogP contribution in [0.4, 0.5) is 10.1 Å². The summed E-state index contributed by atoms with van der Waals surface area (Å²) in [6.07, 6.45) is 1.91. The van der Waals surface area contributed by atoms with Crippen molar-refractivity contribution in [2.75, 3.05) is 18.0 Å². The minimum Gasteiger partial charge on any atom is -0.366 e. The number of halogens is 1. The number of carbonyl (C=O) groups excluding carboxylic acids is 1. The summed E-state index contributed by atoms with van der Waals surface area (Å²) in [4.78, 5) is 14.1. The van der Waals surface area contributed by atoms with Crippen molar-refractivity contribution in [1.82, 2.24) is 5.32 Å². The summed E-state index contributed by atoms with van der Waals surface area (Å²) in [5.41, 5.74) is 7.75. The number of hydrogen-bond donors (Lipinski definition) is 2. The van der Waals surface area contributed by atoms with Crippen LogP contribution in [0.25, 0.3) is 0 Å². The molecule has 0 spiro atoms. The Labute approximate surface area is 118 Å². The molecule has 108 valence electrons. The standard InChI is InChI=1S/C15H20FN3O/c1-9(17)12-7-10(16)4-5-13(12)19-6-2-3-11-14(19)8-18-15(11)20/h4-5,7,9,11,14H,2-3,6,8,17H2,1H3,(H,18,20). The van der Waals surface area contributed by atoms with E-state index in [-0.39, 0.29) is 29.7 Å². The number of rotatable bonds is 2. The van der Waals surface area contributed by atoms with Crippen LogP contribution in [0.15, 0.2) is 18.2 Å². The molecule has 3 atom stereocenters. The van der Waals surface area contributed by atoms with Gasteiger partial charge >= 0.3 is 0 Å². The molecule has 2 saturated heterocycles. The second kappa shape index (κ2) is 5.05. The highest BCUT2D eigenvalue weighted by atomic mass is 19.1. The van der Waals surface area contributed by atoms with Crippen molar-refractivity contribution in [3.05, 3.63) is 29.6 Å². The molecule has 0 bridgehead atoms. The third-order valence-electron chi connectivity index (χ3n) is 4.39. The quantitative estimate of drug-likeness (QED) is 0.862. The molecule has 0 saturated carbocycles. The zero-order chi connectivity index (χ0) is 14.3. The molecule has 0 aliphatic carbocycles. The van der Waals surface area contributed by atoms with Gasteiger partial charge in [0.05, 0.1) is 12.0 Å². The van der Waals surface area contributed by atoms with Gasteiger partial charge in [-0.1, -0.05) is 0 Å². The maximum Gasteiger partial charge on any atom is 0.225 e. The van der Waals surface area contributed by atoms with E-state index < -0.39 is 0 Å². The van der Waals surface area contributed by atoms with Crippen molar-refractivity contribution in [2.45, 2.75) is 31.8 Å². The fourth-order valence-electron chi connectivity index (χ4n) is 3.40. The Balaban J connectivity index is 1.98. The average molecular weight is 277 g/mol. The van der Waals surface area contributed by atoms with Crippen LogP contribution < -0.4 is 16.0 Å². The van der Waals surface area contributed by atoms with Gasteiger partial charge in [0.15, 0.2) is 0 Å². The number of nitrogens with zero attached hydrogens (tertiary/aromatic N) is 1. The van der Waals surface area contributed by atoms with E-state index in [9.17, 15) is 9.18 Å². The van der Waals surface area contributed by atoms with Gasteiger partial charge in [0.1, 0.15) is 5.82 Å². The number of nitrogens with two attached hydrogens (primary N) is 1. The molecule has 2 aliphatic heterocycles. The predicted octanol–water partition coefficient (Wildman–Crippen LogP) is 1.56. The Bertz CT molecular complexity index is 532. The van der Waals surface area contributed by atoms with Crippen LogP contribution in [-0.2, 0) is 4.79 Å². The molecule has 3 N–H and O–H groups in total. The normalized spacial score (nSPS) is 27.1. The van der Waals surface area contributed by atoms with E-state index in [0.717, 1.165) is 30.6 Å². The van der Waals surface area contributed by atoms with Crippen molar-refractivity contribution >= 4 is 11.6 Å². The highest BCUT2D eigenvalue weighted by molar-refractivity contribution is 5.83. The number of anilines is 1. The van der Waals surface area contributed by atoms with Gasteiger partial charge in [-0.05, 0) is 43.5 Å². The van der Waals surface area contributed by atoms with Gasteiger partial charge in [0.2, 0.25) is 5.91 Å². The van der Waals surface area contributed by atoms with Gasteiger partial charge in [-0.25, -0.2) is 4.39 Å². The Morgan fingerprint density at radius 1 is 1.50 bits per heavy atom. The fraction of sp³-hybridized carbons (Fsp3) is 0.533. The van der Waals surface area contributed by atoms with Crippen LogP contribution in [0.5, 0.6) is 0 Å². The number of benzene rings is 1. The molecule has 4 nitrogen and oxygen atoms in total. The molecular formula is C15H20FN3O. The number of hydrogen-bond acceptors (Lipinski definition) is 3. The Kier molecular flexibility index (Phi) is 3.38. The smallest absolute Gasteiger partial charge is 0.225 e. The van der Waals surface area contributed by atoms with Gasteiger partial charge < -0.3 is 16.0 Å². The summed E-state index contributed by atoms with van der Waals surface area (Å²) in [5.74, 6) is -0.0749. The van der Waals surface area contributed by atoms with Crippen LogP contribution in [0.2, 0.25) is 0 Å². The zero-order valence-corrected chi connectivity index (χ0v) is 11.6. The fourth-order valence-corrected chi connectivity index (χ4v) is 3.40. The lowest BCUT2D eigenvalue weighted by molar-refractivity contribution is -0.122. The van der Waals surface area contributed by atoms with Crippen LogP contribution >= 0.6 is 0 Å². The average Bonchev–Trinajstić information content (AvgIpc) is 2.81. The van der Waals surface area contributed by atoms with Crippen molar-refractivity contribution in [2.24, 2.45) is 11.7 Å². The van der Waals surface area contributed by atoms with Crippen LogP contribution in [0, 0.1) is 11.7 Å². The molecule has 2 heterocycles. The molecule has 1 amide bonds. The molecule has 1 aromatic rings. The van der Waals surface area contributed by atoms with E-state index in [2.05, 4.69) is 10.2 Å². The van der Waals surface area contributed by atoms with E-state index in [0.29, 0.717) is 6.54 Å². The van der Waals surface area contributed by atoms with Crippen molar-refractivity contribution in [3.63, 3.8) is 0 Å². The molecule has 2 fully saturated rings. The third-order valence-corrected chi connectivity index (χ3v) is 4.39. The second-order valence-electron chi connectivity index (χ2n) is 5.75. The molecule has 3 rings (SSSR count). The molecular weight excluding hydrogens is 257 g/mol. The lowest BCUT2D eigenvalue weighted by Gasteiger charge is -2.39. The first-order valence-electron chi connectivity index (χ1n) is 7.17. The van der Waals surface area contributed by atoms with E-state index in [1.165, 1.54) is 12.1 Å². The van der Waals surface area contributed by atoms with Crippen molar-refractivity contribution in [3.8, 4) is 0 Å². The minimum atomic E-state index is -0.268. The SMILES string of the molecule is CC(N)c1cc(F)ccc1N1CCCC2C(=O)NCC21. The lowest BCUT2D eigenvalue weighted by Crippen LogP contribution is -2.46. The summed E-state index contributed by atoms with van der Waals surface area (Å²) >= 11 is 0. The molecule has 2 aliphatic rings. The van der Waals surface area contributed by atoms with E-state index >= 15 is 0 Å². The molecule has 1 aromatic carbocycles. The van der Waals surface area contributed by atoms with Gasteiger partial charge in [0, 0.05) is 24.8 Å². The number of amides is 1. The maximum atomic E-state index is 13.5. The van der Waals surface area contributed by atoms with Crippen LogP contribution in [-0.4, -0.2) is 25.0 Å². The Morgan fingerprint density at radius 2 is 2.30 bits per heavy atom. The van der Waals surface area contributed by atoms with Crippen molar-refractivity contribution < 1.29 is 9.18 Å². The first-order valence-corrected chi connectivity index (χ1v) is 7.17. The second-order valence-corrected chi connectivity index (χ2v) is 5.75. The lowest BCUT2D eigenvalue weighted by atomic mass is 9.90. The summed E-state index contributed by atoms with van der Waals surface area (Å²) in [5, 5.41) is 2.94. The number of piperidine rings is 1. The largest absolute Gasteiger partial charge is 0.366 e. The maximum absolute atomic E-state index is 13.5. The van der Waals surface area contributed by atoms with Gasteiger partial charge in [0.25, 0.3) is 0 Å². The molecule has 0 aromatic heterocycles. The first kappa shape index (κ1) is 13.4. The molecule has 3 unspecified atom stereocenters. The molecule has 20 heavy (non-hydrogen) atoms. The summed E-state index contributed by atoms with van der Waals surface area (Å²) in [7, 11) is 0. The third kappa shape index (κ3) is 2.16. The number of carbonyl (C=O) groups is 1. The highest BCUT2D eigenvalue weighted by Crippen LogP contribution is 2.35. The highest BCUT2D eigenvalue weighted by Gasteiger charge is 2.41. The molecule has 0 radical (unpaired) electrons. The van der Waals surface area contributed by atoms with E-state index in [4.69, 9.17) is 5.73 Å². The minimum absolute atomic E-state index is 0.0507. The number of fused-ring (bicyclic) bond motifs is 1. The summed E-state index contributed by atoms with van der Waals surface area (Å²) in [6, 6.07) is 4.70. The topological polar surface area (TPSA) is 58.4 Å². The molecule has 5 heteroatoms. The van der Waals surface area contributed by atoms with Gasteiger partial charge in [-0.3, -0.25) is 4.79 Å². The monoisotopic (exact) mass is 277 g/mol. The number of nitrogens with one attached hydrogen (secondary N) is 1. The van der Waals surface area contributed by atoms with Crippen LogP contribution in [0.3, 0.4) is 0 Å². The summed E-state index contributed by atoms with van der Waals surface area (Å²) in [6.45, 7) is 3.42. The predicted molar refractivity (Wildman–Crippen MR) is 75.9 cm³/mol. The van der Waals surface area contributed by atoms with Crippen molar-refractivity contribution in [1.29, 1.82) is 0 Å². The van der Waals surface area contributed by atoms with E-state index in [1.54, 1.807) is 6.07 Å². The van der Waals surface area contributed by atoms with Gasteiger partial charge in [-0.15, -0.1) is 0 Å². The zero-order valence-electron chi connectivity index (χ0n) is 11.6. The van der Waals surface area contributed by atoms with Gasteiger partial charge in [-0.2, -0.15) is 0 Å². The van der Waals surface area contributed by atoms with E-state index in [1.807, 2.05) is 6.92 Å². The Hall–Kier alpha value is -1.62. The van der Waals surface area contributed by atoms with Crippen LogP contribution in [0.1, 0.15) is 31.4 Å². The summed E-state index contributed by atoms with van der Waals surface area (Å²) < 4.78 is 13.5.